The first-order valence-electron chi connectivity index (χ1n) is 5.10. The summed E-state index contributed by atoms with van der Waals surface area (Å²) in [6.45, 7) is 1.86. The molecule has 86 valence electrons. The molecule has 0 spiro atoms. The summed E-state index contributed by atoms with van der Waals surface area (Å²) in [7, 11) is 0. The second-order valence-electron chi connectivity index (χ2n) is 3.85. The summed E-state index contributed by atoms with van der Waals surface area (Å²) < 4.78 is 30.2. The first-order valence-corrected chi connectivity index (χ1v) is 5.10. The fraction of sp³-hybridized carbons (Fsp3) is 0.333. The molecule has 1 aromatic carbocycles. The maximum Gasteiger partial charge on any atom is 0.253 e. The standard InChI is InChI=1S/C12H13F2NO/c1-7-8-4-2-3-5-10(8)16-11(7)6-9(15)12(13)14/h2-5,9,12H,6,15H2,1H3. The Morgan fingerprint density at radius 3 is 2.62 bits per heavy atom. The molecule has 1 unspecified atom stereocenters. The van der Waals surface area contributed by atoms with E-state index < -0.39 is 12.5 Å². The highest BCUT2D eigenvalue weighted by Crippen LogP contribution is 2.26. The van der Waals surface area contributed by atoms with Crippen molar-refractivity contribution in [3.05, 3.63) is 35.6 Å². The van der Waals surface area contributed by atoms with Crippen molar-refractivity contribution in [2.45, 2.75) is 25.8 Å². The molecule has 1 heterocycles. The zero-order valence-electron chi connectivity index (χ0n) is 8.91. The Labute approximate surface area is 92.0 Å². The lowest BCUT2D eigenvalue weighted by molar-refractivity contribution is 0.113. The van der Waals surface area contributed by atoms with Gasteiger partial charge in [0.1, 0.15) is 11.3 Å². The molecule has 0 saturated heterocycles. The Balaban J connectivity index is 2.35. The monoisotopic (exact) mass is 225 g/mol. The van der Waals surface area contributed by atoms with Crippen LogP contribution in [0.3, 0.4) is 0 Å². The molecule has 1 aromatic heterocycles. The van der Waals surface area contributed by atoms with E-state index in [1.54, 1.807) is 0 Å². The lowest BCUT2D eigenvalue weighted by Crippen LogP contribution is -2.30. The molecule has 0 aliphatic rings. The van der Waals surface area contributed by atoms with Crippen molar-refractivity contribution in [3.63, 3.8) is 0 Å². The smallest absolute Gasteiger partial charge is 0.253 e. The highest BCUT2D eigenvalue weighted by atomic mass is 19.3. The van der Waals surface area contributed by atoms with E-state index in [-0.39, 0.29) is 6.42 Å². The van der Waals surface area contributed by atoms with Crippen LogP contribution >= 0.6 is 0 Å². The van der Waals surface area contributed by atoms with E-state index >= 15 is 0 Å². The third-order valence-corrected chi connectivity index (χ3v) is 2.69. The Morgan fingerprint density at radius 1 is 1.31 bits per heavy atom. The van der Waals surface area contributed by atoms with Gasteiger partial charge in [0, 0.05) is 11.8 Å². The number of fused-ring (bicyclic) bond motifs is 1. The summed E-state index contributed by atoms with van der Waals surface area (Å²) in [6.07, 6.45) is -2.45. The van der Waals surface area contributed by atoms with Crippen LogP contribution in [0, 0.1) is 6.92 Å². The molecule has 2 N–H and O–H groups in total. The number of nitrogens with two attached hydrogens (primary N) is 1. The zero-order chi connectivity index (χ0) is 11.7. The summed E-state index contributed by atoms with van der Waals surface area (Å²) in [5.41, 5.74) is 6.94. The van der Waals surface area contributed by atoms with Gasteiger partial charge in [0.15, 0.2) is 0 Å². The van der Waals surface area contributed by atoms with Crippen molar-refractivity contribution in [2.75, 3.05) is 0 Å². The summed E-state index contributed by atoms with van der Waals surface area (Å²) in [6, 6.07) is 6.30. The van der Waals surface area contributed by atoms with Gasteiger partial charge in [-0.2, -0.15) is 0 Å². The number of furan rings is 1. The van der Waals surface area contributed by atoms with Crippen LogP contribution in [-0.2, 0) is 6.42 Å². The highest BCUT2D eigenvalue weighted by molar-refractivity contribution is 5.81. The van der Waals surface area contributed by atoms with Crippen molar-refractivity contribution >= 4 is 11.0 Å². The Bertz CT molecular complexity index is 493. The quantitative estimate of drug-likeness (QED) is 0.872. The SMILES string of the molecule is Cc1c(CC(N)C(F)F)oc2ccccc12. The molecule has 0 bridgehead atoms. The largest absolute Gasteiger partial charge is 0.461 e. The molecule has 0 fully saturated rings. The van der Waals surface area contributed by atoms with Gasteiger partial charge in [-0.15, -0.1) is 0 Å². The fourth-order valence-corrected chi connectivity index (χ4v) is 1.72. The van der Waals surface area contributed by atoms with Crippen LogP contribution in [0.5, 0.6) is 0 Å². The lowest BCUT2D eigenvalue weighted by Gasteiger charge is -2.08. The lowest BCUT2D eigenvalue weighted by atomic mass is 10.1. The molecule has 0 amide bonds. The molecular formula is C12H13F2NO. The number of aryl methyl sites for hydroxylation is 1. The maximum atomic E-state index is 12.3. The third-order valence-electron chi connectivity index (χ3n) is 2.69. The maximum absolute atomic E-state index is 12.3. The molecule has 2 aromatic rings. The second-order valence-corrected chi connectivity index (χ2v) is 3.85. The summed E-state index contributed by atoms with van der Waals surface area (Å²) >= 11 is 0. The number of hydrogen-bond acceptors (Lipinski definition) is 2. The minimum Gasteiger partial charge on any atom is -0.461 e. The fourth-order valence-electron chi connectivity index (χ4n) is 1.72. The molecule has 4 heteroatoms. The van der Waals surface area contributed by atoms with Crippen molar-refractivity contribution in [1.29, 1.82) is 0 Å². The number of para-hydroxylation sites is 1. The van der Waals surface area contributed by atoms with E-state index in [2.05, 4.69) is 0 Å². The van der Waals surface area contributed by atoms with E-state index in [0.717, 1.165) is 16.5 Å². The van der Waals surface area contributed by atoms with E-state index in [1.807, 2.05) is 31.2 Å². The number of benzene rings is 1. The van der Waals surface area contributed by atoms with Crippen LogP contribution in [0.1, 0.15) is 11.3 Å². The van der Waals surface area contributed by atoms with Crippen molar-refractivity contribution < 1.29 is 13.2 Å². The van der Waals surface area contributed by atoms with Gasteiger partial charge >= 0.3 is 0 Å². The van der Waals surface area contributed by atoms with Crippen LogP contribution in [0.4, 0.5) is 8.78 Å². The third kappa shape index (κ3) is 1.93. The zero-order valence-corrected chi connectivity index (χ0v) is 8.91. The Hall–Kier alpha value is -1.42. The number of alkyl halides is 2. The van der Waals surface area contributed by atoms with E-state index in [0.29, 0.717) is 5.76 Å². The van der Waals surface area contributed by atoms with E-state index in [9.17, 15) is 8.78 Å². The molecule has 2 nitrogen and oxygen atoms in total. The van der Waals surface area contributed by atoms with Gasteiger partial charge in [0.05, 0.1) is 6.04 Å². The van der Waals surface area contributed by atoms with E-state index in [4.69, 9.17) is 10.2 Å². The predicted octanol–water partition coefficient (Wildman–Crippen LogP) is 2.88. The molecule has 0 aliphatic carbocycles. The van der Waals surface area contributed by atoms with Crippen LogP contribution in [0.2, 0.25) is 0 Å². The average molecular weight is 225 g/mol. The topological polar surface area (TPSA) is 39.2 Å². The van der Waals surface area contributed by atoms with Gasteiger partial charge in [-0.25, -0.2) is 8.78 Å². The van der Waals surface area contributed by atoms with Crippen LogP contribution in [-0.4, -0.2) is 12.5 Å². The normalized spacial score (nSPS) is 13.6. The Morgan fingerprint density at radius 2 is 2.00 bits per heavy atom. The van der Waals surface area contributed by atoms with Crippen LogP contribution < -0.4 is 5.73 Å². The number of hydrogen-bond donors (Lipinski definition) is 1. The Kier molecular flexibility index (Phi) is 2.92. The van der Waals surface area contributed by atoms with Gasteiger partial charge in [-0.3, -0.25) is 0 Å². The van der Waals surface area contributed by atoms with Crippen molar-refractivity contribution in [3.8, 4) is 0 Å². The summed E-state index contributed by atoms with van der Waals surface area (Å²) in [4.78, 5) is 0. The second kappa shape index (κ2) is 4.22. The van der Waals surface area contributed by atoms with E-state index in [1.165, 1.54) is 0 Å². The highest BCUT2D eigenvalue weighted by Gasteiger charge is 2.19. The molecule has 16 heavy (non-hydrogen) atoms. The molecular weight excluding hydrogens is 212 g/mol. The molecule has 0 aliphatic heterocycles. The first kappa shape index (κ1) is 11.1. The summed E-state index contributed by atoms with van der Waals surface area (Å²) in [5.74, 6) is 0.550. The number of rotatable bonds is 3. The predicted molar refractivity (Wildman–Crippen MR) is 58.6 cm³/mol. The van der Waals surface area contributed by atoms with Gasteiger partial charge in [0.2, 0.25) is 0 Å². The van der Waals surface area contributed by atoms with Crippen molar-refractivity contribution in [1.82, 2.24) is 0 Å². The van der Waals surface area contributed by atoms with Crippen LogP contribution in [0.25, 0.3) is 11.0 Å². The number of halogens is 2. The minimum absolute atomic E-state index is 0.0676. The van der Waals surface area contributed by atoms with Gasteiger partial charge in [0.25, 0.3) is 6.43 Å². The minimum atomic E-state index is -2.52. The van der Waals surface area contributed by atoms with Gasteiger partial charge < -0.3 is 10.2 Å². The molecule has 1 atom stereocenters. The molecule has 0 saturated carbocycles. The molecule has 2 rings (SSSR count). The summed E-state index contributed by atoms with van der Waals surface area (Å²) in [5, 5.41) is 0.957. The first-order chi connectivity index (χ1) is 7.59. The van der Waals surface area contributed by atoms with Crippen LogP contribution in [0.15, 0.2) is 28.7 Å². The van der Waals surface area contributed by atoms with Gasteiger partial charge in [-0.05, 0) is 18.6 Å². The van der Waals surface area contributed by atoms with Crippen molar-refractivity contribution in [2.24, 2.45) is 5.73 Å². The molecule has 0 radical (unpaired) electrons. The van der Waals surface area contributed by atoms with Gasteiger partial charge in [-0.1, -0.05) is 18.2 Å². The average Bonchev–Trinajstić information content (AvgIpc) is 2.56.